The third kappa shape index (κ3) is 2.73. The lowest BCUT2D eigenvalue weighted by Crippen LogP contribution is -2.37. The van der Waals surface area contributed by atoms with Gasteiger partial charge >= 0.3 is 0 Å². The number of rotatable bonds is 3. The molecule has 2 aromatic carbocycles. The Labute approximate surface area is 122 Å². The normalized spacial score (nSPS) is 13.8. The van der Waals surface area contributed by atoms with E-state index in [0.29, 0.717) is 12.1 Å². The quantitative estimate of drug-likeness (QED) is 0.909. The van der Waals surface area contributed by atoms with Crippen molar-refractivity contribution in [2.24, 2.45) is 5.73 Å². The van der Waals surface area contributed by atoms with Crippen LogP contribution in [0, 0.1) is 5.82 Å². The van der Waals surface area contributed by atoms with Crippen LogP contribution in [0.4, 0.5) is 15.8 Å². The fraction of sp³-hybridized carbons (Fsp3) is 0.188. The molecular weight excluding hydrogens is 269 g/mol. The van der Waals surface area contributed by atoms with E-state index in [1.54, 1.807) is 12.1 Å². The van der Waals surface area contributed by atoms with Crippen molar-refractivity contribution in [3.05, 3.63) is 59.4 Å². The van der Waals surface area contributed by atoms with Crippen LogP contribution in [0.5, 0.6) is 0 Å². The first kappa shape index (κ1) is 13.6. The average Bonchev–Trinajstić information content (AvgIpc) is 2.49. The molecule has 3 N–H and O–H groups in total. The Morgan fingerprint density at radius 1 is 1.24 bits per heavy atom. The first-order valence-corrected chi connectivity index (χ1v) is 6.78. The minimum Gasteiger partial charge on any atom is -0.356 e. The Kier molecular flexibility index (Phi) is 3.58. The molecule has 1 aliphatic rings. The fourth-order valence-electron chi connectivity index (χ4n) is 2.55. The average molecular weight is 285 g/mol. The van der Waals surface area contributed by atoms with Crippen LogP contribution in [0.25, 0.3) is 0 Å². The number of nitrogens with zero attached hydrogens (tertiary/aromatic N) is 1. The largest absolute Gasteiger partial charge is 0.356 e. The van der Waals surface area contributed by atoms with E-state index in [1.165, 1.54) is 6.07 Å². The molecule has 3 rings (SSSR count). The molecule has 4 nitrogen and oxygen atoms in total. The zero-order chi connectivity index (χ0) is 14.8. The first-order chi connectivity index (χ1) is 10.2. The third-order valence-electron chi connectivity index (χ3n) is 3.56. The summed E-state index contributed by atoms with van der Waals surface area (Å²) in [7, 11) is 0. The fourth-order valence-corrected chi connectivity index (χ4v) is 2.55. The van der Waals surface area contributed by atoms with Crippen molar-refractivity contribution >= 4 is 17.3 Å². The van der Waals surface area contributed by atoms with Gasteiger partial charge in [-0.1, -0.05) is 18.2 Å². The van der Waals surface area contributed by atoms with E-state index in [-0.39, 0.29) is 24.8 Å². The standard InChI is InChI=1S/C16H16FN3O/c17-13-6-5-11(7-12(13)8-18)9-20-10-16(21)19-14-3-1-2-4-15(14)20/h1-7H,8-10,18H2,(H,19,21). The lowest BCUT2D eigenvalue weighted by Gasteiger charge is -2.31. The molecule has 1 amide bonds. The maximum atomic E-state index is 13.5. The van der Waals surface area contributed by atoms with Crippen LogP contribution in [-0.4, -0.2) is 12.5 Å². The monoisotopic (exact) mass is 285 g/mol. The molecular formula is C16H16FN3O. The van der Waals surface area contributed by atoms with Gasteiger partial charge in [-0.15, -0.1) is 0 Å². The van der Waals surface area contributed by atoms with Gasteiger partial charge in [-0.3, -0.25) is 4.79 Å². The van der Waals surface area contributed by atoms with E-state index in [4.69, 9.17) is 5.73 Å². The number of carbonyl (C=O) groups excluding carboxylic acids is 1. The third-order valence-corrected chi connectivity index (χ3v) is 3.56. The van der Waals surface area contributed by atoms with Crippen LogP contribution >= 0.6 is 0 Å². The molecule has 0 unspecified atom stereocenters. The first-order valence-electron chi connectivity index (χ1n) is 6.78. The predicted octanol–water partition coefficient (Wildman–Crippen LogP) is 2.24. The molecule has 0 saturated heterocycles. The highest BCUT2D eigenvalue weighted by Gasteiger charge is 2.21. The van der Waals surface area contributed by atoms with E-state index in [0.717, 1.165) is 16.9 Å². The highest BCUT2D eigenvalue weighted by atomic mass is 19.1. The molecule has 0 fully saturated rings. The number of para-hydroxylation sites is 2. The number of hydrogen-bond acceptors (Lipinski definition) is 3. The summed E-state index contributed by atoms with van der Waals surface area (Å²) in [5, 5.41) is 2.85. The molecule has 0 atom stereocenters. The Hall–Kier alpha value is -2.40. The second-order valence-corrected chi connectivity index (χ2v) is 5.05. The van der Waals surface area contributed by atoms with Crippen LogP contribution in [0.3, 0.4) is 0 Å². The number of anilines is 2. The SMILES string of the molecule is NCc1cc(CN2CC(=O)Nc3ccccc32)ccc1F. The molecule has 1 aliphatic heterocycles. The number of benzene rings is 2. The Morgan fingerprint density at radius 2 is 2.05 bits per heavy atom. The Bertz CT molecular complexity index is 687. The van der Waals surface area contributed by atoms with E-state index in [2.05, 4.69) is 5.32 Å². The van der Waals surface area contributed by atoms with Crippen molar-refractivity contribution in [2.75, 3.05) is 16.8 Å². The molecule has 0 aromatic heterocycles. The Balaban J connectivity index is 1.90. The summed E-state index contributed by atoms with van der Waals surface area (Å²) in [6, 6.07) is 12.5. The van der Waals surface area contributed by atoms with Gasteiger partial charge in [0.05, 0.1) is 17.9 Å². The predicted molar refractivity (Wildman–Crippen MR) is 80.4 cm³/mol. The smallest absolute Gasteiger partial charge is 0.243 e. The molecule has 21 heavy (non-hydrogen) atoms. The second kappa shape index (κ2) is 5.54. The molecule has 0 spiro atoms. The minimum atomic E-state index is -0.293. The van der Waals surface area contributed by atoms with E-state index in [1.807, 2.05) is 29.2 Å². The Morgan fingerprint density at radius 3 is 2.86 bits per heavy atom. The number of nitrogens with one attached hydrogen (secondary N) is 1. The van der Waals surface area contributed by atoms with Crippen LogP contribution in [0.1, 0.15) is 11.1 Å². The molecule has 0 bridgehead atoms. The zero-order valence-electron chi connectivity index (χ0n) is 11.5. The van der Waals surface area contributed by atoms with Crippen molar-refractivity contribution < 1.29 is 9.18 Å². The van der Waals surface area contributed by atoms with Gasteiger partial charge in [0.2, 0.25) is 5.91 Å². The summed E-state index contributed by atoms with van der Waals surface area (Å²) in [4.78, 5) is 13.7. The van der Waals surface area contributed by atoms with Crippen molar-refractivity contribution in [2.45, 2.75) is 13.1 Å². The van der Waals surface area contributed by atoms with Crippen LogP contribution in [0.2, 0.25) is 0 Å². The number of fused-ring (bicyclic) bond motifs is 1. The summed E-state index contributed by atoms with van der Waals surface area (Å²) in [5.41, 5.74) is 8.72. The van der Waals surface area contributed by atoms with Crippen molar-refractivity contribution in [1.82, 2.24) is 0 Å². The number of halogens is 1. The minimum absolute atomic E-state index is 0.0464. The van der Waals surface area contributed by atoms with Gasteiger partial charge in [-0.25, -0.2) is 4.39 Å². The van der Waals surface area contributed by atoms with E-state index in [9.17, 15) is 9.18 Å². The van der Waals surface area contributed by atoms with Crippen LogP contribution < -0.4 is 16.0 Å². The van der Waals surface area contributed by atoms with Gasteiger partial charge in [0.1, 0.15) is 5.82 Å². The number of nitrogens with two attached hydrogens (primary N) is 1. The lowest BCUT2D eigenvalue weighted by molar-refractivity contribution is -0.115. The van der Waals surface area contributed by atoms with Gasteiger partial charge in [-0.2, -0.15) is 0 Å². The van der Waals surface area contributed by atoms with Gasteiger partial charge in [-0.05, 0) is 29.8 Å². The number of carbonyl (C=O) groups is 1. The molecule has 0 radical (unpaired) electrons. The van der Waals surface area contributed by atoms with Crippen molar-refractivity contribution in [1.29, 1.82) is 0 Å². The van der Waals surface area contributed by atoms with Gasteiger partial charge in [0.15, 0.2) is 0 Å². The zero-order valence-corrected chi connectivity index (χ0v) is 11.5. The summed E-state index contributed by atoms with van der Waals surface area (Å²) in [6.45, 7) is 0.987. The molecule has 1 heterocycles. The number of hydrogen-bond donors (Lipinski definition) is 2. The van der Waals surface area contributed by atoms with Gasteiger partial charge < -0.3 is 16.0 Å². The molecule has 0 aliphatic carbocycles. The molecule has 0 saturated carbocycles. The highest BCUT2D eigenvalue weighted by molar-refractivity contribution is 6.01. The highest BCUT2D eigenvalue weighted by Crippen LogP contribution is 2.30. The maximum Gasteiger partial charge on any atom is 0.243 e. The van der Waals surface area contributed by atoms with Crippen LogP contribution in [-0.2, 0) is 17.9 Å². The van der Waals surface area contributed by atoms with Gasteiger partial charge in [0.25, 0.3) is 0 Å². The molecule has 5 heteroatoms. The van der Waals surface area contributed by atoms with E-state index < -0.39 is 0 Å². The molecule has 108 valence electrons. The maximum absolute atomic E-state index is 13.5. The summed E-state index contributed by atoms with van der Waals surface area (Å²) in [5.74, 6) is -0.340. The second-order valence-electron chi connectivity index (χ2n) is 5.05. The summed E-state index contributed by atoms with van der Waals surface area (Å²) < 4.78 is 13.5. The van der Waals surface area contributed by atoms with Crippen molar-refractivity contribution in [3.63, 3.8) is 0 Å². The number of amides is 1. The lowest BCUT2D eigenvalue weighted by atomic mass is 10.1. The van der Waals surface area contributed by atoms with Gasteiger partial charge in [0, 0.05) is 18.7 Å². The summed E-state index contributed by atoms with van der Waals surface area (Å²) in [6.07, 6.45) is 0. The van der Waals surface area contributed by atoms with E-state index >= 15 is 0 Å². The van der Waals surface area contributed by atoms with Crippen molar-refractivity contribution in [3.8, 4) is 0 Å². The topological polar surface area (TPSA) is 58.4 Å². The molecule has 2 aromatic rings. The summed E-state index contributed by atoms with van der Waals surface area (Å²) >= 11 is 0. The van der Waals surface area contributed by atoms with Crippen LogP contribution in [0.15, 0.2) is 42.5 Å².